The molecular weight excluding hydrogens is 416 g/mol. The van der Waals surface area contributed by atoms with Gasteiger partial charge in [0.25, 0.3) is 0 Å². The Labute approximate surface area is 176 Å². The lowest BCUT2D eigenvalue weighted by Gasteiger charge is -2.30. The summed E-state index contributed by atoms with van der Waals surface area (Å²) in [6.45, 7) is 0.883. The molecule has 3 saturated carbocycles. The average molecular weight is 447 g/mol. The zero-order valence-electron chi connectivity index (χ0n) is 16.6. The van der Waals surface area contributed by atoms with E-state index in [4.69, 9.17) is 0 Å². The van der Waals surface area contributed by atoms with E-state index < -0.39 is 0 Å². The normalized spacial score (nSPS) is 26.4. The number of nitrogens with one attached hydrogen (secondary N) is 3. The Hall–Kier alpha value is -1.56. The molecule has 1 aromatic carbocycles. The van der Waals surface area contributed by atoms with Gasteiger partial charge in [-0.05, 0) is 56.6 Å². The van der Waals surface area contributed by atoms with Crippen LogP contribution in [0.4, 0.5) is 0 Å². The Morgan fingerprint density at radius 3 is 2.61 bits per heavy atom. The van der Waals surface area contributed by atoms with Gasteiger partial charge in [-0.2, -0.15) is 0 Å². The van der Waals surface area contributed by atoms with E-state index in [-0.39, 0.29) is 17.2 Å². The van der Waals surface area contributed by atoms with E-state index in [1.54, 1.807) is 0 Å². The van der Waals surface area contributed by atoms with Crippen molar-refractivity contribution in [3.05, 3.63) is 34.3 Å². The Morgan fingerprint density at radius 1 is 1.14 bits per heavy atom. The van der Waals surface area contributed by atoms with Crippen LogP contribution in [0.2, 0.25) is 0 Å². The summed E-state index contributed by atoms with van der Waals surface area (Å²) in [6.07, 6.45) is 8.80. The number of rotatable bonds is 6. The van der Waals surface area contributed by atoms with Crippen LogP contribution in [0.3, 0.4) is 0 Å². The fourth-order valence-electron chi connectivity index (χ4n) is 4.33. The second kappa shape index (κ2) is 8.44. The smallest absolute Gasteiger partial charge is 0.223 e. The van der Waals surface area contributed by atoms with Crippen molar-refractivity contribution in [3.8, 4) is 0 Å². The SMILES string of the molecule is CN=C(NCC1(c2ccccc2Br)CC1)NC1CCCC(C(=O)NC2CC2)C1. The fraction of sp³-hybridized carbons (Fsp3) is 0.636. The highest BCUT2D eigenvalue weighted by Gasteiger charge is 2.45. The molecule has 0 aromatic heterocycles. The van der Waals surface area contributed by atoms with Crippen molar-refractivity contribution < 1.29 is 4.79 Å². The Morgan fingerprint density at radius 2 is 1.93 bits per heavy atom. The van der Waals surface area contributed by atoms with Crippen molar-refractivity contribution in [1.29, 1.82) is 0 Å². The first kappa shape index (κ1) is 19.7. The predicted octanol–water partition coefficient (Wildman–Crippen LogP) is 3.48. The van der Waals surface area contributed by atoms with E-state index >= 15 is 0 Å². The van der Waals surface area contributed by atoms with Crippen LogP contribution < -0.4 is 16.0 Å². The number of guanidine groups is 1. The molecule has 0 aliphatic heterocycles. The number of benzene rings is 1. The Bertz CT molecular complexity index is 742. The van der Waals surface area contributed by atoms with Crippen LogP contribution in [0.15, 0.2) is 33.7 Å². The number of aliphatic imine (C=N–C) groups is 1. The molecule has 3 aliphatic carbocycles. The number of carbonyl (C=O) groups is 1. The van der Waals surface area contributed by atoms with Crippen LogP contribution in [0, 0.1) is 5.92 Å². The number of nitrogens with zero attached hydrogens (tertiary/aromatic N) is 1. The van der Waals surface area contributed by atoms with E-state index in [0.717, 1.165) is 51.0 Å². The number of amides is 1. The number of hydrogen-bond donors (Lipinski definition) is 3. The molecule has 6 heteroatoms. The van der Waals surface area contributed by atoms with E-state index in [0.29, 0.717) is 12.1 Å². The first-order valence-corrected chi connectivity index (χ1v) is 11.4. The van der Waals surface area contributed by atoms with Crippen molar-refractivity contribution in [2.75, 3.05) is 13.6 Å². The molecule has 0 saturated heterocycles. The summed E-state index contributed by atoms with van der Waals surface area (Å²) < 4.78 is 1.19. The second-order valence-corrected chi connectivity index (χ2v) is 9.53. The largest absolute Gasteiger partial charge is 0.356 e. The molecule has 28 heavy (non-hydrogen) atoms. The number of halogens is 1. The van der Waals surface area contributed by atoms with Gasteiger partial charge in [0.1, 0.15) is 0 Å². The van der Waals surface area contributed by atoms with Crippen LogP contribution in [0.25, 0.3) is 0 Å². The lowest BCUT2D eigenvalue weighted by molar-refractivity contribution is -0.126. The molecular formula is C22H31BrN4O. The van der Waals surface area contributed by atoms with Crippen LogP contribution in [-0.4, -0.2) is 37.5 Å². The van der Waals surface area contributed by atoms with Crippen molar-refractivity contribution in [2.45, 2.75) is 68.9 Å². The summed E-state index contributed by atoms with van der Waals surface area (Å²) >= 11 is 3.71. The molecule has 3 fully saturated rings. The molecule has 1 amide bonds. The first-order valence-electron chi connectivity index (χ1n) is 10.6. The molecule has 0 radical (unpaired) electrons. The van der Waals surface area contributed by atoms with Gasteiger partial charge >= 0.3 is 0 Å². The zero-order valence-corrected chi connectivity index (χ0v) is 18.2. The second-order valence-electron chi connectivity index (χ2n) is 8.67. The molecule has 4 rings (SSSR count). The van der Waals surface area contributed by atoms with Gasteiger partial charge in [-0.25, -0.2) is 0 Å². The minimum Gasteiger partial charge on any atom is -0.356 e. The van der Waals surface area contributed by atoms with Crippen LogP contribution in [0.5, 0.6) is 0 Å². The molecule has 0 bridgehead atoms. The molecule has 2 unspecified atom stereocenters. The van der Waals surface area contributed by atoms with Gasteiger partial charge in [0, 0.05) is 41.5 Å². The van der Waals surface area contributed by atoms with Gasteiger partial charge in [-0.1, -0.05) is 40.5 Å². The van der Waals surface area contributed by atoms with Crippen molar-refractivity contribution in [1.82, 2.24) is 16.0 Å². The van der Waals surface area contributed by atoms with Crippen molar-refractivity contribution >= 4 is 27.8 Å². The summed E-state index contributed by atoms with van der Waals surface area (Å²) in [7, 11) is 1.83. The minimum atomic E-state index is 0.139. The van der Waals surface area contributed by atoms with Gasteiger partial charge < -0.3 is 16.0 Å². The highest BCUT2D eigenvalue weighted by molar-refractivity contribution is 9.10. The van der Waals surface area contributed by atoms with Crippen molar-refractivity contribution in [3.63, 3.8) is 0 Å². The lowest BCUT2D eigenvalue weighted by atomic mass is 9.85. The summed E-state index contributed by atoms with van der Waals surface area (Å²) in [5.74, 6) is 1.24. The van der Waals surface area contributed by atoms with Gasteiger partial charge in [-0.15, -0.1) is 0 Å². The third kappa shape index (κ3) is 4.70. The maximum absolute atomic E-state index is 12.4. The molecule has 3 N–H and O–H groups in total. The third-order valence-corrected chi connectivity index (χ3v) is 7.12. The summed E-state index contributed by atoms with van der Waals surface area (Å²) in [5, 5.41) is 10.3. The minimum absolute atomic E-state index is 0.139. The van der Waals surface area contributed by atoms with E-state index in [1.807, 2.05) is 7.05 Å². The number of hydrogen-bond acceptors (Lipinski definition) is 2. The molecule has 3 aliphatic rings. The highest BCUT2D eigenvalue weighted by Crippen LogP contribution is 2.49. The maximum atomic E-state index is 12.4. The molecule has 1 aromatic rings. The highest BCUT2D eigenvalue weighted by atomic mass is 79.9. The van der Waals surface area contributed by atoms with Crippen LogP contribution in [0.1, 0.15) is 56.9 Å². The van der Waals surface area contributed by atoms with Crippen LogP contribution >= 0.6 is 15.9 Å². The molecule has 152 valence electrons. The van der Waals surface area contributed by atoms with Crippen LogP contribution in [-0.2, 0) is 10.2 Å². The molecule has 0 spiro atoms. The van der Waals surface area contributed by atoms with Gasteiger partial charge in [0.15, 0.2) is 5.96 Å². The summed E-state index contributed by atoms with van der Waals surface area (Å²) in [4.78, 5) is 16.9. The van der Waals surface area contributed by atoms with Gasteiger partial charge in [-0.3, -0.25) is 9.79 Å². The average Bonchev–Trinajstić information content (AvgIpc) is 3.62. The van der Waals surface area contributed by atoms with Gasteiger partial charge in [0.2, 0.25) is 5.91 Å². The molecule has 5 nitrogen and oxygen atoms in total. The monoisotopic (exact) mass is 446 g/mol. The Balaban J connectivity index is 1.30. The molecule has 2 atom stereocenters. The summed E-state index contributed by atoms with van der Waals surface area (Å²) in [5.41, 5.74) is 1.59. The lowest BCUT2D eigenvalue weighted by Crippen LogP contribution is -2.48. The van der Waals surface area contributed by atoms with Crippen molar-refractivity contribution in [2.24, 2.45) is 10.9 Å². The zero-order chi connectivity index (χ0) is 19.6. The quantitative estimate of drug-likeness (QED) is 0.462. The predicted molar refractivity (Wildman–Crippen MR) is 116 cm³/mol. The molecule has 0 heterocycles. The summed E-state index contributed by atoms with van der Waals surface area (Å²) in [6, 6.07) is 9.28. The standard InChI is InChI=1S/C22H31BrN4O/c1-24-21(25-14-22(11-12-22)18-7-2-3-8-19(18)23)27-17-6-4-5-15(13-17)20(28)26-16-9-10-16/h2-3,7-8,15-17H,4-6,9-14H2,1H3,(H,26,28)(H2,24,25,27). The van der Waals surface area contributed by atoms with E-state index in [9.17, 15) is 4.79 Å². The topological polar surface area (TPSA) is 65.5 Å². The van der Waals surface area contributed by atoms with Gasteiger partial charge in [0.05, 0.1) is 0 Å². The first-order chi connectivity index (χ1) is 13.6. The number of carbonyl (C=O) groups excluding carboxylic acids is 1. The third-order valence-electron chi connectivity index (χ3n) is 6.43. The Kier molecular flexibility index (Phi) is 5.95. The fourth-order valence-corrected chi connectivity index (χ4v) is 5.04. The maximum Gasteiger partial charge on any atom is 0.223 e. The van der Waals surface area contributed by atoms with E-state index in [1.165, 1.54) is 22.9 Å². The van der Waals surface area contributed by atoms with E-state index in [2.05, 4.69) is 61.1 Å².